The summed E-state index contributed by atoms with van der Waals surface area (Å²) in [7, 11) is 1.58. The van der Waals surface area contributed by atoms with E-state index in [2.05, 4.69) is 0 Å². The van der Waals surface area contributed by atoms with Gasteiger partial charge in [0.1, 0.15) is 17.3 Å². The van der Waals surface area contributed by atoms with Gasteiger partial charge in [0.15, 0.2) is 0 Å². The standard InChI is InChI=1S/C22H21FN2O3/c1-28-18-11-5-15(6-12-18)19-20(24-13-3-2-4-14-24)22(27)25(21(19)26)17-9-7-16(23)8-10-17/h5-12H,2-4,13-14H2,1H3. The molecule has 0 bridgehead atoms. The summed E-state index contributed by atoms with van der Waals surface area (Å²) in [6, 6.07) is 12.5. The highest BCUT2D eigenvalue weighted by atomic mass is 19.1. The number of carbonyl (C=O) groups is 2. The Morgan fingerprint density at radius 2 is 1.50 bits per heavy atom. The summed E-state index contributed by atoms with van der Waals surface area (Å²) in [6.45, 7) is 1.48. The van der Waals surface area contributed by atoms with Crippen molar-refractivity contribution in [3.63, 3.8) is 0 Å². The molecule has 28 heavy (non-hydrogen) atoms. The molecule has 2 aromatic carbocycles. The third-order valence-electron chi connectivity index (χ3n) is 5.20. The molecule has 1 fully saturated rings. The van der Waals surface area contributed by atoms with Gasteiger partial charge < -0.3 is 9.64 Å². The molecule has 6 heteroatoms. The lowest BCUT2D eigenvalue weighted by atomic mass is 10.0. The number of halogens is 1. The van der Waals surface area contributed by atoms with Gasteiger partial charge in [-0.05, 0) is 61.2 Å². The summed E-state index contributed by atoms with van der Waals surface area (Å²) in [5, 5.41) is 0. The molecule has 2 aliphatic heterocycles. The van der Waals surface area contributed by atoms with E-state index in [1.807, 2.05) is 4.90 Å². The summed E-state index contributed by atoms with van der Waals surface area (Å²) in [6.07, 6.45) is 3.08. The topological polar surface area (TPSA) is 49.9 Å². The van der Waals surface area contributed by atoms with Gasteiger partial charge in [0.2, 0.25) is 0 Å². The van der Waals surface area contributed by atoms with E-state index in [-0.39, 0.29) is 11.8 Å². The van der Waals surface area contributed by atoms with Crippen LogP contribution in [0.1, 0.15) is 24.8 Å². The lowest BCUT2D eigenvalue weighted by Crippen LogP contribution is -2.37. The maximum Gasteiger partial charge on any atom is 0.282 e. The van der Waals surface area contributed by atoms with Gasteiger partial charge in [-0.2, -0.15) is 0 Å². The van der Waals surface area contributed by atoms with E-state index in [0.717, 1.165) is 37.3 Å². The van der Waals surface area contributed by atoms with Gasteiger partial charge in [-0.1, -0.05) is 12.1 Å². The van der Waals surface area contributed by atoms with Crippen molar-refractivity contribution in [3.8, 4) is 5.75 Å². The predicted octanol–water partition coefficient (Wildman–Crippen LogP) is 3.60. The molecular weight excluding hydrogens is 359 g/mol. The SMILES string of the molecule is COc1ccc(C2=C(N3CCCCC3)C(=O)N(c3ccc(F)cc3)C2=O)cc1. The van der Waals surface area contributed by atoms with E-state index in [9.17, 15) is 14.0 Å². The number of ether oxygens (including phenoxy) is 1. The molecule has 2 heterocycles. The monoisotopic (exact) mass is 380 g/mol. The average Bonchev–Trinajstić information content (AvgIpc) is 2.99. The molecule has 0 radical (unpaired) electrons. The second-order valence-electron chi connectivity index (χ2n) is 6.92. The second-order valence-corrected chi connectivity index (χ2v) is 6.92. The zero-order valence-corrected chi connectivity index (χ0v) is 15.7. The summed E-state index contributed by atoms with van der Waals surface area (Å²) < 4.78 is 18.5. The van der Waals surface area contributed by atoms with Crippen LogP contribution in [0.5, 0.6) is 5.75 Å². The predicted molar refractivity (Wildman–Crippen MR) is 104 cm³/mol. The number of amides is 2. The molecule has 144 valence electrons. The molecule has 0 atom stereocenters. The third-order valence-corrected chi connectivity index (χ3v) is 5.20. The number of likely N-dealkylation sites (tertiary alicyclic amines) is 1. The van der Waals surface area contributed by atoms with Crippen LogP contribution in [0.3, 0.4) is 0 Å². The van der Waals surface area contributed by atoms with E-state index < -0.39 is 5.82 Å². The number of carbonyl (C=O) groups excluding carboxylic acids is 2. The normalized spacial score (nSPS) is 17.5. The summed E-state index contributed by atoms with van der Waals surface area (Å²) in [5.41, 5.74) is 1.86. The van der Waals surface area contributed by atoms with Gasteiger partial charge in [-0.3, -0.25) is 9.59 Å². The van der Waals surface area contributed by atoms with Gasteiger partial charge >= 0.3 is 0 Å². The molecule has 0 spiro atoms. The Morgan fingerprint density at radius 3 is 2.11 bits per heavy atom. The van der Waals surface area contributed by atoms with Crippen molar-refractivity contribution in [3.05, 3.63) is 65.6 Å². The quantitative estimate of drug-likeness (QED) is 0.761. The number of benzene rings is 2. The van der Waals surface area contributed by atoms with Crippen molar-refractivity contribution in [1.29, 1.82) is 0 Å². The largest absolute Gasteiger partial charge is 0.497 e. The van der Waals surface area contributed by atoms with Crippen LogP contribution in [0.15, 0.2) is 54.2 Å². The molecule has 5 nitrogen and oxygen atoms in total. The van der Waals surface area contributed by atoms with Crippen LogP contribution in [0.4, 0.5) is 10.1 Å². The van der Waals surface area contributed by atoms with Crippen molar-refractivity contribution < 1.29 is 18.7 Å². The Labute approximate surface area is 163 Å². The van der Waals surface area contributed by atoms with E-state index >= 15 is 0 Å². The van der Waals surface area contributed by atoms with Crippen LogP contribution in [-0.2, 0) is 9.59 Å². The van der Waals surface area contributed by atoms with Crippen molar-refractivity contribution in [1.82, 2.24) is 4.90 Å². The number of imide groups is 1. The molecule has 2 aromatic rings. The van der Waals surface area contributed by atoms with Crippen LogP contribution in [0.25, 0.3) is 5.57 Å². The highest BCUT2D eigenvalue weighted by Gasteiger charge is 2.42. The minimum absolute atomic E-state index is 0.357. The first-order valence-corrected chi connectivity index (χ1v) is 9.38. The smallest absolute Gasteiger partial charge is 0.282 e. The van der Waals surface area contributed by atoms with Gasteiger partial charge in [0.05, 0.1) is 18.4 Å². The number of hydrogen-bond donors (Lipinski definition) is 0. The fraction of sp³-hybridized carbons (Fsp3) is 0.273. The van der Waals surface area contributed by atoms with E-state index in [4.69, 9.17) is 4.74 Å². The Bertz CT molecular complexity index is 929. The number of piperidine rings is 1. The lowest BCUT2D eigenvalue weighted by molar-refractivity contribution is -0.120. The first-order valence-electron chi connectivity index (χ1n) is 9.38. The van der Waals surface area contributed by atoms with E-state index in [0.29, 0.717) is 28.3 Å². The molecule has 0 saturated carbocycles. The van der Waals surface area contributed by atoms with E-state index in [1.54, 1.807) is 31.4 Å². The first-order chi connectivity index (χ1) is 13.6. The zero-order valence-electron chi connectivity index (χ0n) is 15.7. The lowest BCUT2D eigenvalue weighted by Gasteiger charge is -2.29. The Kier molecular flexibility index (Phi) is 4.86. The van der Waals surface area contributed by atoms with E-state index in [1.165, 1.54) is 24.3 Å². The van der Waals surface area contributed by atoms with Gasteiger partial charge in [0.25, 0.3) is 11.8 Å². The molecule has 4 rings (SSSR count). The van der Waals surface area contributed by atoms with Crippen LogP contribution < -0.4 is 9.64 Å². The number of rotatable bonds is 4. The summed E-state index contributed by atoms with van der Waals surface area (Å²) in [5.74, 6) is -0.481. The molecule has 2 amide bonds. The Balaban J connectivity index is 1.80. The minimum Gasteiger partial charge on any atom is -0.497 e. The van der Waals surface area contributed by atoms with Gasteiger partial charge in [0, 0.05) is 13.1 Å². The number of methoxy groups -OCH3 is 1. The molecule has 1 saturated heterocycles. The van der Waals surface area contributed by atoms with Crippen LogP contribution in [-0.4, -0.2) is 36.9 Å². The van der Waals surface area contributed by atoms with Crippen molar-refractivity contribution in [2.75, 3.05) is 25.1 Å². The summed E-state index contributed by atoms with van der Waals surface area (Å²) >= 11 is 0. The number of nitrogens with zero attached hydrogens (tertiary/aromatic N) is 2. The van der Waals surface area contributed by atoms with Crippen LogP contribution in [0, 0.1) is 5.82 Å². The fourth-order valence-electron chi connectivity index (χ4n) is 3.77. The number of anilines is 1. The first kappa shape index (κ1) is 18.2. The van der Waals surface area contributed by atoms with Crippen LogP contribution in [0.2, 0.25) is 0 Å². The fourth-order valence-corrected chi connectivity index (χ4v) is 3.77. The zero-order chi connectivity index (χ0) is 19.7. The molecule has 0 N–H and O–H groups in total. The Hall–Kier alpha value is -3.15. The third kappa shape index (κ3) is 3.15. The Morgan fingerprint density at radius 1 is 0.857 bits per heavy atom. The summed E-state index contributed by atoms with van der Waals surface area (Å²) in [4.78, 5) is 29.7. The minimum atomic E-state index is -0.414. The van der Waals surface area contributed by atoms with Gasteiger partial charge in [-0.25, -0.2) is 9.29 Å². The molecule has 0 unspecified atom stereocenters. The molecule has 0 aromatic heterocycles. The van der Waals surface area contributed by atoms with Crippen molar-refractivity contribution in [2.45, 2.75) is 19.3 Å². The van der Waals surface area contributed by atoms with Crippen LogP contribution >= 0.6 is 0 Å². The second kappa shape index (κ2) is 7.46. The maximum absolute atomic E-state index is 13.3. The average molecular weight is 380 g/mol. The highest BCUT2D eigenvalue weighted by molar-refractivity contribution is 6.45. The molecule has 0 aliphatic carbocycles. The van der Waals surface area contributed by atoms with Gasteiger partial charge in [-0.15, -0.1) is 0 Å². The van der Waals surface area contributed by atoms with Crippen molar-refractivity contribution >= 4 is 23.1 Å². The molecular formula is C22H21FN2O3. The number of hydrogen-bond acceptors (Lipinski definition) is 4. The van der Waals surface area contributed by atoms with Crippen molar-refractivity contribution in [2.24, 2.45) is 0 Å². The highest BCUT2D eigenvalue weighted by Crippen LogP contribution is 2.36. The molecule has 2 aliphatic rings. The maximum atomic E-state index is 13.3.